The highest BCUT2D eigenvalue weighted by atomic mass is 35.5. The summed E-state index contributed by atoms with van der Waals surface area (Å²) in [6.45, 7) is 0. The fourth-order valence-electron chi connectivity index (χ4n) is 2.03. The number of hydrogen-bond acceptors (Lipinski definition) is 5. The number of ether oxygens (including phenoxy) is 1. The van der Waals surface area contributed by atoms with Gasteiger partial charge in [0.15, 0.2) is 5.82 Å². The lowest BCUT2D eigenvalue weighted by molar-refractivity contribution is 0.411. The van der Waals surface area contributed by atoms with Crippen molar-refractivity contribution in [3.05, 3.63) is 47.5 Å². The second kappa shape index (κ2) is 5.41. The molecule has 2 N–H and O–H groups in total. The number of benzene rings is 2. The maximum absolute atomic E-state index is 6.23. The number of methoxy groups -OCH3 is 1. The lowest BCUT2D eigenvalue weighted by atomic mass is 10.2. The molecule has 0 saturated heterocycles. The van der Waals surface area contributed by atoms with Crippen LogP contribution >= 0.6 is 11.6 Å². The molecule has 0 bridgehead atoms. The van der Waals surface area contributed by atoms with E-state index in [-0.39, 0.29) is 0 Å². The molecule has 0 aliphatic heterocycles. The molecule has 106 valence electrons. The normalized spacial score (nSPS) is 10.6. The third kappa shape index (κ3) is 2.41. The van der Waals surface area contributed by atoms with Crippen LogP contribution in [0.15, 0.2) is 42.5 Å². The Morgan fingerprint density at radius 1 is 1.19 bits per heavy atom. The summed E-state index contributed by atoms with van der Waals surface area (Å²) in [5.74, 6) is 1.18. The quantitative estimate of drug-likeness (QED) is 0.752. The predicted octanol–water partition coefficient (Wildman–Crippen LogP) is 2.57. The van der Waals surface area contributed by atoms with Crippen molar-refractivity contribution in [2.24, 2.45) is 0 Å². The Labute approximate surface area is 126 Å². The second-order valence-corrected chi connectivity index (χ2v) is 4.73. The zero-order chi connectivity index (χ0) is 14.8. The molecule has 6 nitrogen and oxygen atoms in total. The van der Waals surface area contributed by atoms with Gasteiger partial charge in [0, 0.05) is 11.3 Å². The average molecular weight is 302 g/mol. The van der Waals surface area contributed by atoms with Crippen LogP contribution in [-0.4, -0.2) is 27.3 Å². The third-order valence-electron chi connectivity index (χ3n) is 3.02. The van der Waals surface area contributed by atoms with Gasteiger partial charge in [-0.1, -0.05) is 23.7 Å². The van der Waals surface area contributed by atoms with Crippen LogP contribution in [0.4, 0.5) is 5.69 Å². The third-order valence-corrected chi connectivity index (χ3v) is 3.33. The first-order chi connectivity index (χ1) is 10.2. The summed E-state index contributed by atoms with van der Waals surface area (Å²) >= 11 is 6.23. The molecule has 0 unspecified atom stereocenters. The maximum Gasteiger partial charge on any atom is 0.188 e. The number of para-hydroxylation sites is 2. The van der Waals surface area contributed by atoms with Crippen LogP contribution in [0.25, 0.3) is 17.1 Å². The van der Waals surface area contributed by atoms with Gasteiger partial charge in [-0.2, -0.15) is 4.68 Å². The van der Waals surface area contributed by atoms with Gasteiger partial charge >= 0.3 is 0 Å². The van der Waals surface area contributed by atoms with E-state index in [9.17, 15) is 0 Å². The number of nitrogens with two attached hydrogens (primary N) is 1. The molecule has 7 heteroatoms. The van der Waals surface area contributed by atoms with Gasteiger partial charge in [0.25, 0.3) is 0 Å². The molecule has 0 saturated carbocycles. The van der Waals surface area contributed by atoms with E-state index in [0.717, 1.165) is 5.69 Å². The van der Waals surface area contributed by atoms with Gasteiger partial charge in [-0.05, 0) is 40.8 Å². The minimum Gasteiger partial charge on any atom is -0.494 e. The lowest BCUT2D eigenvalue weighted by Crippen LogP contribution is -2.02. The molecule has 2 aromatic carbocycles. The number of aromatic nitrogens is 4. The second-order valence-electron chi connectivity index (χ2n) is 4.33. The monoisotopic (exact) mass is 301 g/mol. The molecule has 0 aliphatic rings. The molecule has 1 heterocycles. The highest BCUT2D eigenvalue weighted by molar-refractivity contribution is 6.33. The molecule has 0 aliphatic carbocycles. The van der Waals surface area contributed by atoms with E-state index in [1.807, 2.05) is 24.3 Å². The van der Waals surface area contributed by atoms with E-state index >= 15 is 0 Å². The lowest BCUT2D eigenvalue weighted by Gasteiger charge is -2.10. The van der Waals surface area contributed by atoms with Crippen molar-refractivity contribution in [3.8, 4) is 22.8 Å². The fraction of sp³-hybridized carbons (Fsp3) is 0.0714. The summed E-state index contributed by atoms with van der Waals surface area (Å²) in [7, 11) is 1.60. The van der Waals surface area contributed by atoms with Crippen LogP contribution in [0.5, 0.6) is 5.75 Å². The van der Waals surface area contributed by atoms with E-state index in [2.05, 4.69) is 15.5 Å². The maximum atomic E-state index is 6.23. The summed E-state index contributed by atoms with van der Waals surface area (Å²) in [5, 5.41) is 12.3. The smallest absolute Gasteiger partial charge is 0.188 e. The van der Waals surface area contributed by atoms with Gasteiger partial charge < -0.3 is 10.5 Å². The molecule has 0 spiro atoms. The van der Waals surface area contributed by atoms with Crippen molar-refractivity contribution < 1.29 is 4.74 Å². The topological polar surface area (TPSA) is 78.8 Å². The van der Waals surface area contributed by atoms with Gasteiger partial charge in [0.05, 0.1) is 12.1 Å². The zero-order valence-corrected chi connectivity index (χ0v) is 11.9. The molecule has 0 radical (unpaired) electrons. The molecule has 0 amide bonds. The Hall–Kier alpha value is -2.60. The van der Waals surface area contributed by atoms with Crippen molar-refractivity contribution in [2.45, 2.75) is 0 Å². The van der Waals surface area contributed by atoms with Crippen LogP contribution in [0.2, 0.25) is 5.02 Å². The van der Waals surface area contributed by atoms with Gasteiger partial charge in [0.1, 0.15) is 11.4 Å². The molecule has 0 fully saturated rings. The number of halogens is 1. The average Bonchev–Trinajstić information content (AvgIpc) is 2.96. The van der Waals surface area contributed by atoms with Crippen molar-refractivity contribution in [3.63, 3.8) is 0 Å². The Balaban J connectivity index is 2.17. The van der Waals surface area contributed by atoms with Crippen molar-refractivity contribution in [2.75, 3.05) is 12.8 Å². The number of nitrogens with zero attached hydrogens (tertiary/aromatic N) is 4. The summed E-state index contributed by atoms with van der Waals surface area (Å²) in [6.07, 6.45) is 0. The van der Waals surface area contributed by atoms with Crippen molar-refractivity contribution in [1.82, 2.24) is 20.2 Å². The van der Waals surface area contributed by atoms with E-state index in [1.165, 1.54) is 0 Å². The first-order valence-electron chi connectivity index (χ1n) is 6.18. The minimum atomic E-state index is 0.487. The molecule has 0 atom stereocenters. The number of anilines is 1. The zero-order valence-electron chi connectivity index (χ0n) is 11.2. The van der Waals surface area contributed by atoms with Gasteiger partial charge in [0.2, 0.25) is 0 Å². The van der Waals surface area contributed by atoms with E-state index in [4.69, 9.17) is 22.1 Å². The number of tetrazole rings is 1. The molecule has 3 rings (SSSR count). The van der Waals surface area contributed by atoms with Crippen LogP contribution in [-0.2, 0) is 0 Å². The molecule has 1 aromatic heterocycles. The largest absolute Gasteiger partial charge is 0.494 e. The number of nitrogen functional groups attached to an aromatic ring is 1. The molecule has 3 aromatic rings. The Bertz CT molecular complexity index is 787. The highest BCUT2D eigenvalue weighted by Crippen LogP contribution is 2.31. The van der Waals surface area contributed by atoms with Crippen molar-refractivity contribution >= 4 is 17.3 Å². The Morgan fingerprint density at radius 2 is 2.00 bits per heavy atom. The standard InChI is InChI=1S/C14H12ClN5O/c1-21-13-5-3-2-4-12(13)20-14(17-18-19-20)10-7-6-9(16)8-11(10)15/h2-8H,16H2,1H3. The van der Waals surface area contributed by atoms with E-state index in [1.54, 1.807) is 30.0 Å². The minimum absolute atomic E-state index is 0.487. The predicted molar refractivity (Wildman–Crippen MR) is 80.6 cm³/mol. The summed E-state index contributed by atoms with van der Waals surface area (Å²) < 4.78 is 6.92. The van der Waals surface area contributed by atoms with Crippen LogP contribution in [0.3, 0.4) is 0 Å². The van der Waals surface area contributed by atoms with Crippen LogP contribution < -0.4 is 10.5 Å². The highest BCUT2D eigenvalue weighted by Gasteiger charge is 2.16. The molecular formula is C14H12ClN5O. The van der Waals surface area contributed by atoms with Crippen molar-refractivity contribution in [1.29, 1.82) is 0 Å². The number of hydrogen-bond donors (Lipinski definition) is 1. The summed E-state index contributed by atoms with van der Waals surface area (Å²) in [5.41, 5.74) is 7.72. The number of rotatable bonds is 3. The first kappa shape index (κ1) is 13.4. The van der Waals surface area contributed by atoms with Crippen LogP contribution in [0.1, 0.15) is 0 Å². The van der Waals surface area contributed by atoms with E-state index < -0.39 is 0 Å². The van der Waals surface area contributed by atoms with Gasteiger partial charge in [-0.15, -0.1) is 5.10 Å². The summed E-state index contributed by atoms with van der Waals surface area (Å²) in [4.78, 5) is 0. The molecule has 21 heavy (non-hydrogen) atoms. The van der Waals surface area contributed by atoms with Crippen LogP contribution in [0, 0.1) is 0 Å². The first-order valence-corrected chi connectivity index (χ1v) is 6.55. The van der Waals surface area contributed by atoms with E-state index in [0.29, 0.717) is 27.8 Å². The fourth-order valence-corrected chi connectivity index (χ4v) is 2.31. The summed E-state index contributed by atoms with van der Waals surface area (Å²) in [6, 6.07) is 12.7. The van der Waals surface area contributed by atoms with Gasteiger partial charge in [-0.3, -0.25) is 0 Å². The van der Waals surface area contributed by atoms with Gasteiger partial charge in [-0.25, -0.2) is 0 Å². The SMILES string of the molecule is COc1ccccc1-n1nnnc1-c1ccc(N)cc1Cl. The Kier molecular flexibility index (Phi) is 3.45. The molecular weight excluding hydrogens is 290 g/mol. The Morgan fingerprint density at radius 3 is 2.76 bits per heavy atom.